The minimum atomic E-state index is -0.656. The Morgan fingerprint density at radius 2 is 1.88 bits per heavy atom. The summed E-state index contributed by atoms with van der Waals surface area (Å²) in [6.07, 6.45) is 0.998. The first-order valence-corrected chi connectivity index (χ1v) is 4.55. The van der Waals surface area contributed by atoms with Crippen LogP contribution < -0.4 is 22.5 Å². The van der Waals surface area contributed by atoms with Crippen LogP contribution in [-0.2, 0) is 9.59 Å². The van der Waals surface area contributed by atoms with Crippen molar-refractivity contribution in [2.75, 3.05) is 6.54 Å². The van der Waals surface area contributed by atoms with E-state index in [0.29, 0.717) is 19.4 Å². The van der Waals surface area contributed by atoms with Crippen molar-refractivity contribution in [3.8, 4) is 0 Å². The quantitative estimate of drug-likeness (QED) is 0.258. The van der Waals surface area contributed by atoms with E-state index >= 15 is 0 Å². The van der Waals surface area contributed by atoms with Crippen molar-refractivity contribution < 1.29 is 9.59 Å². The van der Waals surface area contributed by atoms with E-state index in [1.807, 2.05) is 0 Å². The molecule has 0 spiro atoms. The Morgan fingerprint density at radius 1 is 1.31 bits per heavy atom. The molecular formula is C8H18ClN5O2. The molecular weight excluding hydrogens is 234 g/mol. The molecule has 0 aromatic carbocycles. The maximum atomic E-state index is 10.9. The number of hydrogen-bond acceptors (Lipinski definition) is 3. The summed E-state index contributed by atoms with van der Waals surface area (Å²) < 4.78 is 0. The Kier molecular flexibility index (Phi) is 9.28. The van der Waals surface area contributed by atoms with Gasteiger partial charge in [-0.2, -0.15) is 0 Å². The highest BCUT2D eigenvalue weighted by molar-refractivity contribution is 5.85. The zero-order valence-corrected chi connectivity index (χ0v) is 9.92. The summed E-state index contributed by atoms with van der Waals surface area (Å²) in [6.45, 7) is 1.73. The largest absolute Gasteiger partial charge is 0.370 e. The van der Waals surface area contributed by atoms with Gasteiger partial charge < -0.3 is 22.5 Å². The van der Waals surface area contributed by atoms with Crippen molar-refractivity contribution in [1.29, 1.82) is 0 Å². The van der Waals surface area contributed by atoms with Gasteiger partial charge in [0, 0.05) is 13.5 Å². The number of nitrogens with one attached hydrogen (secondary N) is 1. The fourth-order valence-electron chi connectivity index (χ4n) is 1.03. The van der Waals surface area contributed by atoms with Crippen LogP contribution >= 0.6 is 12.4 Å². The van der Waals surface area contributed by atoms with Gasteiger partial charge >= 0.3 is 0 Å². The van der Waals surface area contributed by atoms with Crippen LogP contribution in [0.15, 0.2) is 4.99 Å². The first kappa shape index (κ1) is 16.9. The Morgan fingerprint density at radius 3 is 2.25 bits per heavy atom. The van der Waals surface area contributed by atoms with Gasteiger partial charge in [0.1, 0.15) is 6.04 Å². The van der Waals surface area contributed by atoms with Gasteiger partial charge in [0.2, 0.25) is 11.8 Å². The van der Waals surface area contributed by atoms with Crippen LogP contribution in [0, 0.1) is 0 Å². The highest BCUT2D eigenvalue weighted by Crippen LogP contribution is 1.97. The standard InChI is InChI=1S/C8H17N5O2.ClH/c1-5(14)13-6(7(9)15)3-2-4-12-8(10)11;/h6H,2-4H2,1H3,(H2,9,15)(H,13,14)(H4,10,11,12);1H. The molecule has 0 aromatic rings. The molecule has 0 saturated carbocycles. The molecule has 1 unspecified atom stereocenters. The van der Waals surface area contributed by atoms with Crippen LogP contribution in [0.25, 0.3) is 0 Å². The molecule has 0 radical (unpaired) electrons. The lowest BCUT2D eigenvalue weighted by Crippen LogP contribution is -2.43. The minimum absolute atomic E-state index is 0. The summed E-state index contributed by atoms with van der Waals surface area (Å²) in [5.74, 6) is -0.847. The van der Waals surface area contributed by atoms with Crippen molar-refractivity contribution in [1.82, 2.24) is 5.32 Å². The molecule has 7 nitrogen and oxygen atoms in total. The van der Waals surface area contributed by atoms with E-state index in [4.69, 9.17) is 17.2 Å². The average molecular weight is 252 g/mol. The molecule has 94 valence electrons. The van der Waals surface area contributed by atoms with Crippen molar-refractivity contribution in [2.45, 2.75) is 25.8 Å². The number of nitrogens with two attached hydrogens (primary N) is 3. The molecule has 16 heavy (non-hydrogen) atoms. The van der Waals surface area contributed by atoms with Crippen molar-refractivity contribution in [3.05, 3.63) is 0 Å². The number of carbonyl (C=O) groups is 2. The number of primary amides is 1. The van der Waals surface area contributed by atoms with E-state index in [0.717, 1.165) is 0 Å². The summed E-state index contributed by atoms with van der Waals surface area (Å²) in [7, 11) is 0. The van der Waals surface area contributed by atoms with E-state index in [9.17, 15) is 9.59 Å². The Labute approximate surface area is 100 Å². The second-order valence-electron chi connectivity index (χ2n) is 3.10. The van der Waals surface area contributed by atoms with Crippen LogP contribution in [0.5, 0.6) is 0 Å². The predicted molar refractivity (Wildman–Crippen MR) is 64.0 cm³/mol. The summed E-state index contributed by atoms with van der Waals surface area (Å²) >= 11 is 0. The molecule has 2 amide bonds. The van der Waals surface area contributed by atoms with Gasteiger partial charge in [-0.15, -0.1) is 12.4 Å². The maximum absolute atomic E-state index is 10.9. The summed E-state index contributed by atoms with van der Waals surface area (Å²) in [6, 6.07) is -0.656. The van der Waals surface area contributed by atoms with E-state index in [1.54, 1.807) is 0 Å². The van der Waals surface area contributed by atoms with Crippen LogP contribution in [0.1, 0.15) is 19.8 Å². The van der Waals surface area contributed by atoms with Gasteiger partial charge in [0.15, 0.2) is 5.96 Å². The Balaban J connectivity index is 0. The normalized spacial score (nSPS) is 10.8. The SMILES string of the molecule is CC(=O)NC(CCCN=C(N)N)C(N)=O.Cl. The number of aliphatic imine (C=N–C) groups is 1. The maximum Gasteiger partial charge on any atom is 0.240 e. The molecule has 0 fully saturated rings. The second kappa shape index (κ2) is 8.78. The molecule has 8 heteroatoms. The summed E-state index contributed by atoms with van der Waals surface area (Å²) in [5.41, 5.74) is 15.3. The van der Waals surface area contributed by atoms with Crippen LogP contribution in [-0.4, -0.2) is 30.4 Å². The Hall–Kier alpha value is -1.50. The third-order valence-corrected chi connectivity index (χ3v) is 1.67. The summed E-state index contributed by atoms with van der Waals surface area (Å²) in [5, 5.41) is 2.44. The van der Waals surface area contributed by atoms with Gasteiger partial charge in [0.25, 0.3) is 0 Å². The van der Waals surface area contributed by atoms with Gasteiger partial charge in [-0.05, 0) is 12.8 Å². The molecule has 0 aliphatic rings. The molecule has 0 aromatic heterocycles. The monoisotopic (exact) mass is 251 g/mol. The van der Waals surface area contributed by atoms with Crippen LogP contribution in [0.3, 0.4) is 0 Å². The van der Waals surface area contributed by atoms with Gasteiger partial charge in [-0.1, -0.05) is 0 Å². The number of amides is 2. The number of nitrogens with zero attached hydrogens (tertiary/aromatic N) is 1. The van der Waals surface area contributed by atoms with Crippen molar-refractivity contribution >= 4 is 30.2 Å². The van der Waals surface area contributed by atoms with E-state index in [1.165, 1.54) is 6.92 Å². The van der Waals surface area contributed by atoms with Gasteiger partial charge in [0.05, 0.1) is 0 Å². The van der Waals surface area contributed by atoms with Gasteiger partial charge in [-0.25, -0.2) is 0 Å². The first-order valence-electron chi connectivity index (χ1n) is 4.55. The third kappa shape index (κ3) is 9.07. The fraction of sp³-hybridized carbons (Fsp3) is 0.625. The minimum Gasteiger partial charge on any atom is -0.370 e. The summed E-state index contributed by atoms with van der Waals surface area (Å²) in [4.78, 5) is 25.3. The number of halogens is 1. The average Bonchev–Trinajstić information content (AvgIpc) is 2.08. The van der Waals surface area contributed by atoms with Crippen molar-refractivity contribution in [3.63, 3.8) is 0 Å². The van der Waals surface area contributed by atoms with E-state index in [-0.39, 0.29) is 24.3 Å². The number of hydrogen-bond donors (Lipinski definition) is 4. The van der Waals surface area contributed by atoms with E-state index in [2.05, 4.69) is 10.3 Å². The first-order chi connectivity index (χ1) is 6.93. The number of guanidine groups is 1. The van der Waals surface area contributed by atoms with Crippen molar-refractivity contribution in [2.24, 2.45) is 22.2 Å². The lowest BCUT2D eigenvalue weighted by molar-refractivity contribution is -0.126. The molecule has 0 aliphatic carbocycles. The topological polar surface area (TPSA) is 137 Å². The molecule has 0 saturated heterocycles. The zero-order valence-electron chi connectivity index (χ0n) is 9.10. The molecule has 0 aliphatic heterocycles. The van der Waals surface area contributed by atoms with Gasteiger partial charge in [-0.3, -0.25) is 14.6 Å². The molecule has 0 heterocycles. The lowest BCUT2D eigenvalue weighted by atomic mass is 10.1. The third-order valence-electron chi connectivity index (χ3n) is 1.67. The number of carbonyl (C=O) groups excluding carboxylic acids is 2. The molecule has 7 N–H and O–H groups in total. The highest BCUT2D eigenvalue weighted by atomic mass is 35.5. The second-order valence-corrected chi connectivity index (χ2v) is 3.10. The van der Waals surface area contributed by atoms with Crippen LogP contribution in [0.4, 0.5) is 0 Å². The Bertz CT molecular complexity index is 265. The fourth-order valence-corrected chi connectivity index (χ4v) is 1.03. The highest BCUT2D eigenvalue weighted by Gasteiger charge is 2.14. The zero-order chi connectivity index (χ0) is 11.8. The number of rotatable bonds is 6. The molecule has 0 bridgehead atoms. The molecule has 0 rings (SSSR count). The lowest BCUT2D eigenvalue weighted by Gasteiger charge is -2.12. The van der Waals surface area contributed by atoms with Crippen LogP contribution in [0.2, 0.25) is 0 Å². The molecule has 1 atom stereocenters. The predicted octanol–water partition coefficient (Wildman–Crippen LogP) is -1.55. The van der Waals surface area contributed by atoms with E-state index < -0.39 is 11.9 Å². The smallest absolute Gasteiger partial charge is 0.240 e.